The van der Waals surface area contributed by atoms with Gasteiger partial charge in [0.25, 0.3) is 17.7 Å². The van der Waals surface area contributed by atoms with Gasteiger partial charge in [0.2, 0.25) is 0 Å². The number of imide groups is 1. The summed E-state index contributed by atoms with van der Waals surface area (Å²) < 4.78 is 6.00. The standard InChI is InChI=1S/C17H13BrN2O4/c1-20-16(22)11-5-3-9(7-12(11)17(20)23)15(21)19-13-8-10(18)4-6-14(13)24-2/h3-8H,1-2H3,(H,19,21). The largest absolute Gasteiger partial charge is 0.495 e. The van der Waals surface area contributed by atoms with Crippen molar-refractivity contribution in [2.45, 2.75) is 0 Å². The van der Waals surface area contributed by atoms with Gasteiger partial charge in [0.05, 0.1) is 23.9 Å². The van der Waals surface area contributed by atoms with Gasteiger partial charge in [-0.3, -0.25) is 19.3 Å². The van der Waals surface area contributed by atoms with Gasteiger partial charge in [-0.1, -0.05) is 15.9 Å². The summed E-state index contributed by atoms with van der Waals surface area (Å²) in [5.41, 5.74) is 1.32. The molecule has 0 aliphatic carbocycles. The van der Waals surface area contributed by atoms with Crippen LogP contribution in [0.3, 0.4) is 0 Å². The van der Waals surface area contributed by atoms with E-state index in [2.05, 4.69) is 21.2 Å². The molecule has 0 saturated carbocycles. The zero-order valence-corrected chi connectivity index (χ0v) is 14.5. The van der Waals surface area contributed by atoms with Crippen LogP contribution in [0.15, 0.2) is 40.9 Å². The van der Waals surface area contributed by atoms with E-state index in [0.29, 0.717) is 17.0 Å². The van der Waals surface area contributed by atoms with E-state index < -0.39 is 11.8 Å². The van der Waals surface area contributed by atoms with Gasteiger partial charge in [0.15, 0.2) is 0 Å². The molecule has 2 aromatic rings. The highest BCUT2D eigenvalue weighted by Gasteiger charge is 2.33. The minimum absolute atomic E-state index is 0.233. The number of nitrogens with one attached hydrogen (secondary N) is 1. The summed E-state index contributed by atoms with van der Waals surface area (Å²) in [6.45, 7) is 0. The summed E-state index contributed by atoms with van der Waals surface area (Å²) in [5.74, 6) is -0.664. The van der Waals surface area contributed by atoms with Gasteiger partial charge < -0.3 is 10.1 Å². The molecule has 3 rings (SSSR count). The van der Waals surface area contributed by atoms with E-state index in [1.54, 1.807) is 18.2 Å². The van der Waals surface area contributed by atoms with Gasteiger partial charge in [-0.25, -0.2) is 0 Å². The molecule has 0 atom stereocenters. The van der Waals surface area contributed by atoms with Gasteiger partial charge >= 0.3 is 0 Å². The van der Waals surface area contributed by atoms with Crippen molar-refractivity contribution in [3.05, 3.63) is 57.6 Å². The number of rotatable bonds is 3. The zero-order chi connectivity index (χ0) is 17.4. The molecule has 0 saturated heterocycles. The summed E-state index contributed by atoms with van der Waals surface area (Å²) in [4.78, 5) is 37.4. The average Bonchev–Trinajstić information content (AvgIpc) is 2.79. The van der Waals surface area contributed by atoms with E-state index in [-0.39, 0.29) is 17.0 Å². The van der Waals surface area contributed by atoms with Crippen LogP contribution < -0.4 is 10.1 Å². The summed E-state index contributed by atoms with van der Waals surface area (Å²) in [6.07, 6.45) is 0. The molecule has 1 aliphatic rings. The molecule has 7 heteroatoms. The number of carbonyl (C=O) groups is 3. The second-order valence-corrected chi connectivity index (χ2v) is 6.14. The molecule has 0 unspecified atom stereocenters. The van der Waals surface area contributed by atoms with Gasteiger partial charge in [0.1, 0.15) is 5.75 Å². The molecule has 24 heavy (non-hydrogen) atoms. The Labute approximate surface area is 146 Å². The Bertz CT molecular complexity index is 879. The number of ether oxygens (including phenoxy) is 1. The fraction of sp³-hybridized carbons (Fsp3) is 0.118. The highest BCUT2D eigenvalue weighted by Crippen LogP contribution is 2.29. The normalized spacial score (nSPS) is 13.0. The molecular formula is C17H13BrN2O4. The molecule has 6 nitrogen and oxygen atoms in total. The molecule has 0 spiro atoms. The number of carbonyl (C=O) groups excluding carboxylic acids is 3. The monoisotopic (exact) mass is 388 g/mol. The van der Waals surface area contributed by atoms with Gasteiger partial charge in [0, 0.05) is 17.1 Å². The first-order valence-electron chi connectivity index (χ1n) is 7.03. The zero-order valence-electron chi connectivity index (χ0n) is 12.9. The fourth-order valence-electron chi connectivity index (χ4n) is 2.47. The molecule has 122 valence electrons. The number of hydrogen-bond donors (Lipinski definition) is 1. The number of amides is 3. The summed E-state index contributed by atoms with van der Waals surface area (Å²) >= 11 is 3.34. The highest BCUT2D eigenvalue weighted by molar-refractivity contribution is 9.10. The number of methoxy groups -OCH3 is 1. The summed E-state index contributed by atoms with van der Waals surface area (Å²) in [5, 5.41) is 2.74. The van der Waals surface area contributed by atoms with Crippen molar-refractivity contribution in [1.82, 2.24) is 4.90 Å². The second-order valence-electron chi connectivity index (χ2n) is 5.23. The lowest BCUT2D eigenvalue weighted by atomic mass is 10.1. The van der Waals surface area contributed by atoms with Crippen molar-refractivity contribution in [3.63, 3.8) is 0 Å². The van der Waals surface area contributed by atoms with Crippen molar-refractivity contribution in [2.75, 3.05) is 19.5 Å². The van der Waals surface area contributed by atoms with Crippen LogP contribution in [0.1, 0.15) is 31.1 Å². The molecule has 0 bridgehead atoms. The van der Waals surface area contributed by atoms with Crippen molar-refractivity contribution in [1.29, 1.82) is 0 Å². The smallest absolute Gasteiger partial charge is 0.261 e. The van der Waals surface area contributed by atoms with Crippen LogP contribution in [0.4, 0.5) is 5.69 Å². The predicted molar refractivity (Wildman–Crippen MR) is 91.5 cm³/mol. The predicted octanol–water partition coefficient (Wildman–Crippen LogP) is 2.94. The van der Waals surface area contributed by atoms with Crippen LogP contribution >= 0.6 is 15.9 Å². The Morgan fingerprint density at radius 1 is 1.08 bits per heavy atom. The van der Waals surface area contributed by atoms with Crippen molar-refractivity contribution in [3.8, 4) is 5.75 Å². The molecule has 1 N–H and O–H groups in total. The Hall–Kier alpha value is -2.67. The number of nitrogens with zero attached hydrogens (tertiary/aromatic N) is 1. The fourth-order valence-corrected chi connectivity index (χ4v) is 2.84. The molecule has 1 heterocycles. The topological polar surface area (TPSA) is 75.7 Å². The minimum Gasteiger partial charge on any atom is -0.495 e. The molecule has 1 aliphatic heterocycles. The van der Waals surface area contributed by atoms with Crippen molar-refractivity contribution in [2.24, 2.45) is 0 Å². The first-order valence-corrected chi connectivity index (χ1v) is 7.83. The molecule has 0 aromatic heterocycles. The van der Waals surface area contributed by atoms with Crippen LogP contribution in [-0.2, 0) is 0 Å². The highest BCUT2D eigenvalue weighted by atomic mass is 79.9. The second kappa shape index (κ2) is 6.09. The first kappa shape index (κ1) is 16.2. The maximum atomic E-state index is 12.5. The number of hydrogen-bond acceptors (Lipinski definition) is 4. The number of anilines is 1. The van der Waals surface area contributed by atoms with Gasteiger partial charge in [-0.05, 0) is 36.4 Å². The Morgan fingerprint density at radius 3 is 2.50 bits per heavy atom. The summed E-state index contributed by atoms with van der Waals surface area (Å²) in [7, 11) is 2.92. The lowest BCUT2D eigenvalue weighted by Gasteiger charge is -2.11. The minimum atomic E-state index is -0.412. The quantitative estimate of drug-likeness (QED) is 0.820. The van der Waals surface area contributed by atoms with Gasteiger partial charge in [-0.2, -0.15) is 0 Å². The molecule has 0 radical (unpaired) electrons. The van der Waals surface area contributed by atoms with Crippen molar-refractivity contribution >= 4 is 39.3 Å². The maximum absolute atomic E-state index is 12.5. The van der Waals surface area contributed by atoms with Crippen LogP contribution in [0.25, 0.3) is 0 Å². The van der Waals surface area contributed by atoms with E-state index in [0.717, 1.165) is 9.37 Å². The lowest BCUT2D eigenvalue weighted by Crippen LogP contribution is -2.24. The number of fused-ring (bicyclic) bond motifs is 1. The molecule has 0 fully saturated rings. The summed E-state index contributed by atoms with van der Waals surface area (Å²) in [6, 6.07) is 9.67. The van der Waals surface area contributed by atoms with Crippen LogP contribution in [0.5, 0.6) is 5.75 Å². The Morgan fingerprint density at radius 2 is 1.79 bits per heavy atom. The maximum Gasteiger partial charge on any atom is 0.261 e. The van der Waals surface area contributed by atoms with E-state index in [1.165, 1.54) is 32.4 Å². The average molecular weight is 389 g/mol. The van der Waals surface area contributed by atoms with Crippen LogP contribution in [0, 0.1) is 0 Å². The number of halogens is 1. The molecular weight excluding hydrogens is 376 g/mol. The van der Waals surface area contributed by atoms with Crippen molar-refractivity contribution < 1.29 is 19.1 Å². The third-order valence-corrected chi connectivity index (χ3v) is 4.25. The third-order valence-electron chi connectivity index (χ3n) is 3.76. The van der Waals surface area contributed by atoms with E-state index >= 15 is 0 Å². The van der Waals surface area contributed by atoms with Gasteiger partial charge in [-0.15, -0.1) is 0 Å². The SMILES string of the molecule is COc1ccc(Br)cc1NC(=O)c1ccc2c(c1)C(=O)N(C)C2=O. The van der Waals surface area contributed by atoms with E-state index in [1.807, 2.05) is 0 Å². The van der Waals surface area contributed by atoms with E-state index in [4.69, 9.17) is 4.74 Å². The first-order chi connectivity index (χ1) is 11.4. The van der Waals surface area contributed by atoms with Crippen LogP contribution in [0.2, 0.25) is 0 Å². The molecule has 2 aromatic carbocycles. The van der Waals surface area contributed by atoms with Crippen LogP contribution in [-0.4, -0.2) is 36.8 Å². The lowest BCUT2D eigenvalue weighted by molar-refractivity contribution is 0.0693. The Balaban J connectivity index is 1.92. The third kappa shape index (κ3) is 2.67. The Kier molecular flexibility index (Phi) is 4.11. The number of benzene rings is 2. The molecule has 3 amide bonds. The van der Waals surface area contributed by atoms with E-state index in [9.17, 15) is 14.4 Å².